The highest BCUT2D eigenvalue weighted by atomic mass is 16.5. The molecule has 3 heterocycles. The zero-order chi connectivity index (χ0) is 16.3. The summed E-state index contributed by atoms with van der Waals surface area (Å²) in [5, 5.41) is 0. The lowest BCUT2D eigenvalue weighted by Gasteiger charge is -2.44. The van der Waals surface area contributed by atoms with Crippen LogP contribution in [0.25, 0.3) is 0 Å². The van der Waals surface area contributed by atoms with Gasteiger partial charge in [0, 0.05) is 12.2 Å². The van der Waals surface area contributed by atoms with Crippen LogP contribution >= 0.6 is 0 Å². The van der Waals surface area contributed by atoms with Crippen molar-refractivity contribution in [3.05, 3.63) is 27.7 Å². The first-order valence-corrected chi connectivity index (χ1v) is 7.60. The van der Waals surface area contributed by atoms with E-state index in [1.54, 1.807) is 9.47 Å². The number of amides is 2. The standard InChI is InChI=1S/C15H17N3O5/c1-22-13-11-15(21)18-7-2-3-8(4-7)23-10(18)6-17(11)5-9(12(13)19)14(16)20/h5,7-8,10H,2-4,6H2,1H3,(H2,16,20)/t7-,8+,10+/m1/s1. The number of nitrogens with two attached hydrogens (primary N) is 1. The molecule has 8 nitrogen and oxygen atoms in total. The molecule has 3 aliphatic rings. The van der Waals surface area contributed by atoms with Crippen molar-refractivity contribution < 1.29 is 19.1 Å². The highest BCUT2D eigenvalue weighted by Crippen LogP contribution is 2.38. The Labute approximate surface area is 131 Å². The average molecular weight is 319 g/mol. The van der Waals surface area contributed by atoms with E-state index in [1.165, 1.54) is 13.3 Å². The second-order valence-electron chi connectivity index (χ2n) is 6.16. The van der Waals surface area contributed by atoms with E-state index in [0.717, 1.165) is 19.3 Å². The summed E-state index contributed by atoms with van der Waals surface area (Å²) in [7, 11) is 1.31. The number of ether oxygens (including phenoxy) is 2. The van der Waals surface area contributed by atoms with Crippen LogP contribution in [-0.2, 0) is 11.3 Å². The van der Waals surface area contributed by atoms with E-state index in [4.69, 9.17) is 15.2 Å². The van der Waals surface area contributed by atoms with E-state index in [-0.39, 0.29) is 41.3 Å². The van der Waals surface area contributed by atoms with Gasteiger partial charge in [-0.1, -0.05) is 0 Å². The number of carbonyl (C=O) groups is 2. The van der Waals surface area contributed by atoms with Crippen molar-refractivity contribution in [3.63, 3.8) is 0 Å². The van der Waals surface area contributed by atoms with Crippen LogP contribution in [0, 0.1) is 0 Å². The molecule has 1 saturated heterocycles. The third-order valence-corrected chi connectivity index (χ3v) is 4.91. The van der Waals surface area contributed by atoms with Gasteiger partial charge in [-0.2, -0.15) is 0 Å². The number of nitrogens with zero attached hydrogens (tertiary/aromatic N) is 2. The quantitative estimate of drug-likeness (QED) is 0.805. The summed E-state index contributed by atoms with van der Waals surface area (Å²) < 4.78 is 12.6. The molecule has 1 aromatic heterocycles. The van der Waals surface area contributed by atoms with Crippen LogP contribution < -0.4 is 15.9 Å². The molecule has 2 fully saturated rings. The number of fused-ring (bicyclic) bond motifs is 5. The highest BCUT2D eigenvalue weighted by molar-refractivity contribution is 5.99. The minimum atomic E-state index is -0.844. The molecule has 0 aromatic carbocycles. The Bertz CT molecular complexity index is 771. The topological polar surface area (TPSA) is 104 Å². The van der Waals surface area contributed by atoms with E-state index in [9.17, 15) is 14.4 Å². The normalized spacial score (nSPS) is 28.3. The predicted octanol–water partition coefficient (Wildman–Crippen LogP) is -0.311. The van der Waals surface area contributed by atoms with Crippen LogP contribution in [-0.4, -0.2) is 46.8 Å². The van der Waals surface area contributed by atoms with Crippen molar-refractivity contribution in [1.29, 1.82) is 0 Å². The molecule has 122 valence electrons. The van der Waals surface area contributed by atoms with E-state index in [1.807, 2.05) is 0 Å². The molecule has 23 heavy (non-hydrogen) atoms. The summed E-state index contributed by atoms with van der Waals surface area (Å²) in [4.78, 5) is 38.5. The molecule has 8 heteroatoms. The molecule has 1 aromatic rings. The Morgan fingerprint density at radius 2 is 2.17 bits per heavy atom. The maximum absolute atomic E-state index is 12.9. The van der Waals surface area contributed by atoms with Crippen LogP contribution in [0.1, 0.15) is 40.1 Å². The van der Waals surface area contributed by atoms with Crippen molar-refractivity contribution >= 4 is 11.8 Å². The molecule has 3 atom stereocenters. The smallest absolute Gasteiger partial charge is 0.276 e. The molecule has 2 amide bonds. The van der Waals surface area contributed by atoms with Crippen molar-refractivity contribution in [2.45, 2.75) is 44.2 Å². The Kier molecular flexibility index (Phi) is 2.99. The average Bonchev–Trinajstić information content (AvgIpc) is 2.88. The van der Waals surface area contributed by atoms with Gasteiger partial charge in [0.2, 0.25) is 5.43 Å². The summed E-state index contributed by atoms with van der Waals surface area (Å²) in [6, 6.07) is 0.135. The fourth-order valence-electron chi connectivity index (χ4n) is 3.90. The number of hydrogen-bond donors (Lipinski definition) is 1. The monoisotopic (exact) mass is 319 g/mol. The maximum Gasteiger partial charge on any atom is 0.276 e. The van der Waals surface area contributed by atoms with Gasteiger partial charge in [0.25, 0.3) is 11.8 Å². The van der Waals surface area contributed by atoms with Gasteiger partial charge in [0.1, 0.15) is 5.56 Å². The number of rotatable bonds is 2. The number of pyridine rings is 1. The van der Waals surface area contributed by atoms with Gasteiger partial charge in [0.15, 0.2) is 17.7 Å². The van der Waals surface area contributed by atoms with E-state index in [2.05, 4.69) is 0 Å². The summed E-state index contributed by atoms with van der Waals surface area (Å²) in [5.74, 6) is -1.27. The van der Waals surface area contributed by atoms with E-state index in [0.29, 0.717) is 6.54 Å². The highest BCUT2D eigenvalue weighted by Gasteiger charge is 2.47. The van der Waals surface area contributed by atoms with Crippen LogP contribution in [0.15, 0.2) is 11.0 Å². The van der Waals surface area contributed by atoms with E-state index < -0.39 is 11.3 Å². The van der Waals surface area contributed by atoms with Crippen molar-refractivity contribution in [2.75, 3.05) is 7.11 Å². The van der Waals surface area contributed by atoms with Crippen molar-refractivity contribution in [3.8, 4) is 5.75 Å². The minimum absolute atomic E-state index is 0.134. The first-order valence-electron chi connectivity index (χ1n) is 7.60. The molecule has 1 saturated carbocycles. The summed E-state index contributed by atoms with van der Waals surface area (Å²) in [6.45, 7) is 0.352. The summed E-state index contributed by atoms with van der Waals surface area (Å²) >= 11 is 0. The van der Waals surface area contributed by atoms with Gasteiger partial charge < -0.3 is 24.7 Å². The van der Waals surface area contributed by atoms with Gasteiger partial charge in [-0.3, -0.25) is 14.4 Å². The lowest BCUT2D eigenvalue weighted by Crippen LogP contribution is -2.57. The number of methoxy groups -OCH3 is 1. The lowest BCUT2D eigenvalue weighted by molar-refractivity contribution is -0.132. The maximum atomic E-state index is 12.9. The van der Waals surface area contributed by atoms with Gasteiger partial charge in [-0.05, 0) is 19.3 Å². The van der Waals surface area contributed by atoms with Crippen molar-refractivity contribution in [1.82, 2.24) is 9.47 Å². The lowest BCUT2D eigenvalue weighted by atomic mass is 10.1. The minimum Gasteiger partial charge on any atom is -0.491 e. The Morgan fingerprint density at radius 1 is 1.39 bits per heavy atom. The van der Waals surface area contributed by atoms with Gasteiger partial charge in [-0.25, -0.2) is 0 Å². The molecule has 1 aliphatic carbocycles. The Balaban J connectivity index is 1.89. The fourth-order valence-corrected chi connectivity index (χ4v) is 3.90. The number of aromatic nitrogens is 1. The molecule has 2 bridgehead atoms. The molecular weight excluding hydrogens is 302 g/mol. The Morgan fingerprint density at radius 3 is 2.87 bits per heavy atom. The van der Waals surface area contributed by atoms with Gasteiger partial charge in [0.05, 0.1) is 19.8 Å². The number of carbonyl (C=O) groups excluding carboxylic acids is 2. The molecular formula is C15H17N3O5. The van der Waals surface area contributed by atoms with E-state index >= 15 is 0 Å². The molecule has 2 N–H and O–H groups in total. The van der Waals surface area contributed by atoms with Gasteiger partial charge in [-0.15, -0.1) is 0 Å². The summed E-state index contributed by atoms with van der Waals surface area (Å²) in [5.41, 5.74) is 4.58. The zero-order valence-electron chi connectivity index (χ0n) is 12.7. The van der Waals surface area contributed by atoms with Crippen LogP contribution in [0.4, 0.5) is 0 Å². The molecule has 2 aliphatic heterocycles. The number of hydrogen-bond acceptors (Lipinski definition) is 5. The molecule has 0 unspecified atom stereocenters. The zero-order valence-corrected chi connectivity index (χ0v) is 12.7. The third kappa shape index (κ3) is 1.91. The summed E-state index contributed by atoms with van der Waals surface area (Å²) in [6.07, 6.45) is 3.79. The number of primary amides is 1. The van der Waals surface area contributed by atoms with Crippen molar-refractivity contribution in [2.24, 2.45) is 5.73 Å². The third-order valence-electron chi connectivity index (χ3n) is 4.91. The second-order valence-corrected chi connectivity index (χ2v) is 6.16. The first kappa shape index (κ1) is 14.3. The Hall–Kier alpha value is -2.35. The first-order chi connectivity index (χ1) is 11.0. The second kappa shape index (κ2) is 4.82. The molecule has 0 spiro atoms. The van der Waals surface area contributed by atoms with Crippen LogP contribution in [0.5, 0.6) is 5.75 Å². The van der Waals surface area contributed by atoms with Gasteiger partial charge >= 0.3 is 0 Å². The largest absolute Gasteiger partial charge is 0.491 e. The van der Waals surface area contributed by atoms with Crippen LogP contribution in [0.3, 0.4) is 0 Å². The molecule has 4 rings (SSSR count). The fraction of sp³-hybridized carbons (Fsp3) is 0.533. The van der Waals surface area contributed by atoms with Crippen LogP contribution in [0.2, 0.25) is 0 Å². The predicted molar refractivity (Wildman–Crippen MR) is 78.2 cm³/mol. The SMILES string of the molecule is COc1c2n(cc(C(N)=O)c1=O)C[C@@H]1O[C@H]3CC[C@H](C3)N1C2=O. The molecule has 0 radical (unpaired) electrons.